The van der Waals surface area contributed by atoms with Crippen LogP contribution in [0.15, 0.2) is 17.3 Å². The summed E-state index contributed by atoms with van der Waals surface area (Å²) < 4.78 is 0. The number of aliphatic carboxylic acids is 2. The minimum Gasteiger partial charge on any atom is -0.478 e. The molecule has 5 fully saturated rings. The third kappa shape index (κ3) is 5.05. The van der Waals surface area contributed by atoms with E-state index in [0.29, 0.717) is 30.3 Å². The number of nitrogens with one attached hydrogen (secondary N) is 2. The van der Waals surface area contributed by atoms with Gasteiger partial charge in [-0.05, 0) is 55.9 Å². The van der Waals surface area contributed by atoms with E-state index in [2.05, 4.69) is 29.6 Å². The van der Waals surface area contributed by atoms with Crippen molar-refractivity contribution >= 4 is 29.3 Å². The van der Waals surface area contributed by atoms with Crippen LogP contribution in [0.3, 0.4) is 0 Å². The molecule has 0 radical (unpaired) electrons. The van der Waals surface area contributed by atoms with Gasteiger partial charge in [0.25, 0.3) is 0 Å². The number of rotatable bonds is 4. The average molecular weight is 504 g/mol. The Morgan fingerprint density at radius 1 is 1.03 bits per heavy atom. The van der Waals surface area contributed by atoms with Crippen molar-refractivity contribution < 1.29 is 34.2 Å². The number of carboxylic acid groups (broad SMARTS) is 2. The molecule has 3 aliphatic carbocycles. The zero-order valence-corrected chi connectivity index (χ0v) is 21.0. The van der Waals surface area contributed by atoms with Gasteiger partial charge in [0.1, 0.15) is 11.9 Å². The molecule has 5 aliphatic rings. The summed E-state index contributed by atoms with van der Waals surface area (Å²) in [6, 6.07) is 0.139. The first-order chi connectivity index (χ1) is 17.0. The molecule has 0 aromatic rings. The fourth-order valence-corrected chi connectivity index (χ4v) is 7.20. The Hall–Kier alpha value is -2.75. The summed E-state index contributed by atoms with van der Waals surface area (Å²) in [6.45, 7) is 6.35. The Kier molecular flexibility index (Phi) is 7.54. The number of amides is 1. The second kappa shape index (κ2) is 10.3. The lowest BCUT2D eigenvalue weighted by Gasteiger charge is -2.58. The first-order valence-corrected chi connectivity index (χ1v) is 12.9. The summed E-state index contributed by atoms with van der Waals surface area (Å²) in [7, 11) is 0. The van der Waals surface area contributed by atoms with Gasteiger partial charge in [-0.25, -0.2) is 9.59 Å². The lowest BCUT2D eigenvalue weighted by molar-refractivity contribution is -0.153. The molecule has 0 aromatic heterocycles. The quantitative estimate of drug-likeness (QED) is 0.336. The molecule has 10 heteroatoms. The normalized spacial score (nSPS) is 40.5. The van der Waals surface area contributed by atoms with E-state index in [1.54, 1.807) is 0 Å². The molecule has 7 atom stereocenters. The van der Waals surface area contributed by atoms with Gasteiger partial charge in [0.15, 0.2) is 0 Å². The molecular weight excluding hydrogens is 466 g/mol. The van der Waals surface area contributed by atoms with Gasteiger partial charge < -0.3 is 25.7 Å². The first-order valence-electron chi connectivity index (χ1n) is 12.9. The maximum Gasteiger partial charge on any atom is 0.328 e. The third-order valence-electron chi connectivity index (χ3n) is 9.35. The molecule has 1 amide bonds. The van der Waals surface area contributed by atoms with E-state index in [1.165, 1.54) is 0 Å². The van der Waals surface area contributed by atoms with Crippen molar-refractivity contribution in [2.45, 2.75) is 77.4 Å². The van der Waals surface area contributed by atoms with Gasteiger partial charge in [-0.3, -0.25) is 9.59 Å². The minimum atomic E-state index is -1.26. The van der Waals surface area contributed by atoms with Crippen LogP contribution < -0.4 is 10.6 Å². The van der Waals surface area contributed by atoms with Crippen LogP contribution in [-0.4, -0.2) is 64.8 Å². The highest BCUT2D eigenvalue weighted by Gasteiger charge is 2.62. The second-order valence-corrected chi connectivity index (χ2v) is 11.3. The Labute approximate surface area is 210 Å². The number of carbonyl (C=O) groups excluding carboxylic acids is 2. The Bertz CT molecular complexity index is 957. The largest absolute Gasteiger partial charge is 0.478 e. The number of hydrogen-bond donors (Lipinski definition) is 4. The number of hydrogen-bond acceptors (Lipinski definition) is 7. The molecule has 36 heavy (non-hydrogen) atoms. The van der Waals surface area contributed by atoms with Crippen molar-refractivity contribution in [3.63, 3.8) is 0 Å². The van der Waals surface area contributed by atoms with Gasteiger partial charge >= 0.3 is 11.9 Å². The van der Waals surface area contributed by atoms with E-state index < -0.39 is 11.9 Å². The van der Waals surface area contributed by atoms with Crippen LogP contribution in [-0.2, 0) is 24.0 Å². The fraction of sp³-hybridized carbons (Fsp3) is 0.731. The van der Waals surface area contributed by atoms with Crippen LogP contribution in [0.2, 0.25) is 0 Å². The van der Waals surface area contributed by atoms with E-state index in [0.717, 1.165) is 63.7 Å². The molecule has 2 saturated heterocycles. The van der Waals surface area contributed by atoms with Crippen molar-refractivity contribution in [1.29, 1.82) is 0 Å². The van der Waals surface area contributed by atoms with E-state index in [-0.39, 0.29) is 40.7 Å². The number of carboxylic acids is 2. The van der Waals surface area contributed by atoms with Crippen LogP contribution in [0.1, 0.15) is 65.2 Å². The Balaban J connectivity index is 0.000000331. The van der Waals surface area contributed by atoms with Gasteiger partial charge in [-0.2, -0.15) is 0 Å². The molecule has 4 N–H and O–H groups in total. The molecule has 10 nitrogen and oxygen atoms in total. The molecule has 198 valence electrons. The fourth-order valence-electron chi connectivity index (χ4n) is 7.20. The number of nitrogens with zero attached hydrogens (tertiary/aromatic N) is 1. The van der Waals surface area contributed by atoms with E-state index >= 15 is 0 Å². The van der Waals surface area contributed by atoms with Gasteiger partial charge in [-0.1, -0.05) is 19.0 Å². The minimum absolute atomic E-state index is 0.00533. The maximum atomic E-state index is 13.2. The predicted octanol–water partition coefficient (Wildman–Crippen LogP) is 2.13. The van der Waals surface area contributed by atoms with Crippen LogP contribution >= 0.6 is 0 Å². The van der Waals surface area contributed by atoms with Crippen molar-refractivity contribution in [2.75, 3.05) is 13.1 Å². The Morgan fingerprint density at radius 3 is 2.39 bits per heavy atom. The lowest BCUT2D eigenvalue weighted by Crippen LogP contribution is -2.65. The van der Waals surface area contributed by atoms with Crippen molar-refractivity contribution in [1.82, 2.24) is 10.6 Å². The number of Topliss-reactive ketones (excluding diaryl/α,β-unsaturated/α-hetero) is 1. The lowest BCUT2D eigenvalue weighted by atomic mass is 9.49. The third-order valence-corrected chi connectivity index (χ3v) is 9.35. The number of oxime groups is 1. The number of piperidine rings is 1. The molecule has 1 unspecified atom stereocenters. The van der Waals surface area contributed by atoms with Crippen LogP contribution in [0.25, 0.3) is 0 Å². The van der Waals surface area contributed by atoms with Gasteiger partial charge in [0, 0.05) is 55.3 Å². The van der Waals surface area contributed by atoms with Gasteiger partial charge in [0.2, 0.25) is 5.91 Å². The summed E-state index contributed by atoms with van der Waals surface area (Å²) >= 11 is 0. The highest BCUT2D eigenvalue weighted by molar-refractivity contribution is 5.91. The maximum absolute atomic E-state index is 13.2. The zero-order valence-electron chi connectivity index (χ0n) is 21.0. The van der Waals surface area contributed by atoms with Gasteiger partial charge in [0.05, 0.1) is 5.71 Å². The molecule has 2 aliphatic heterocycles. The average Bonchev–Trinajstić information content (AvgIpc) is 3.45. The summed E-state index contributed by atoms with van der Waals surface area (Å²) in [4.78, 5) is 50.6. The molecule has 0 bridgehead atoms. The Morgan fingerprint density at radius 2 is 1.75 bits per heavy atom. The smallest absolute Gasteiger partial charge is 0.328 e. The SMILES string of the molecule is C[C@]12CCC(=NO[C@@H]3CCNC3)CC1NC(=O)[C@@H]1[C@@H]2CC[C@]2(C)C(=O)CC[C@@H]12.O=C(O)/C=C/C(=O)O. The van der Waals surface area contributed by atoms with E-state index in [4.69, 9.17) is 15.1 Å². The van der Waals surface area contributed by atoms with Crippen LogP contribution in [0.5, 0.6) is 0 Å². The summed E-state index contributed by atoms with van der Waals surface area (Å²) in [5, 5.41) is 26.8. The molecule has 2 heterocycles. The topological polar surface area (TPSA) is 154 Å². The van der Waals surface area contributed by atoms with Crippen LogP contribution in [0, 0.1) is 28.6 Å². The first kappa shape index (κ1) is 26.3. The van der Waals surface area contributed by atoms with Gasteiger partial charge in [-0.15, -0.1) is 0 Å². The molecule has 0 spiro atoms. The standard InChI is InChI=1S/C22H33N3O3.C4H4O4/c1-21-8-5-13(25-28-14-7-10-23-12-14)11-17(21)24-20(27)19-15-3-4-18(26)22(15,2)9-6-16(19)21;5-3(6)1-2-4(7)8/h14-17,19,23H,3-12H2,1-2H3,(H,24,27);1-2H,(H,5,6)(H,7,8)/b;2-1+/t14-,15+,16+,17?,19+,21-,22+;/m1./s1. The summed E-state index contributed by atoms with van der Waals surface area (Å²) in [5.74, 6) is -1.33. The van der Waals surface area contributed by atoms with Crippen molar-refractivity contribution in [2.24, 2.45) is 33.7 Å². The summed E-state index contributed by atoms with van der Waals surface area (Å²) in [5.41, 5.74) is 0.913. The highest BCUT2D eigenvalue weighted by atomic mass is 16.6. The summed E-state index contributed by atoms with van der Waals surface area (Å²) in [6.07, 6.45) is 8.60. The van der Waals surface area contributed by atoms with E-state index in [1.807, 2.05) is 0 Å². The number of carbonyl (C=O) groups is 4. The predicted molar refractivity (Wildman–Crippen MR) is 130 cm³/mol. The van der Waals surface area contributed by atoms with Crippen molar-refractivity contribution in [3.05, 3.63) is 12.2 Å². The highest BCUT2D eigenvalue weighted by Crippen LogP contribution is 2.61. The molecule has 3 saturated carbocycles. The van der Waals surface area contributed by atoms with Crippen LogP contribution in [0.4, 0.5) is 0 Å². The monoisotopic (exact) mass is 503 g/mol. The number of fused-ring (bicyclic) bond motifs is 5. The van der Waals surface area contributed by atoms with Crippen molar-refractivity contribution in [3.8, 4) is 0 Å². The van der Waals surface area contributed by atoms with E-state index in [9.17, 15) is 19.2 Å². The molecule has 0 aromatic carbocycles. The number of ketones is 1. The zero-order chi connectivity index (χ0) is 26.1. The molecular formula is C26H37N3O7. The second-order valence-electron chi connectivity index (χ2n) is 11.3. The molecule has 5 rings (SSSR count).